The monoisotopic (exact) mass is 373 g/mol. The van der Waals surface area contributed by atoms with E-state index in [0.717, 1.165) is 0 Å². The van der Waals surface area contributed by atoms with Gasteiger partial charge in [-0.1, -0.05) is 11.6 Å². The van der Waals surface area contributed by atoms with E-state index in [0.29, 0.717) is 27.1 Å². The molecule has 1 aliphatic heterocycles. The maximum absolute atomic E-state index is 12.8. The molecule has 0 atom stereocenters. The second kappa shape index (κ2) is 6.62. The standard InChI is InChI=1S/C17H12ClN3O3S/c1-19-15(10-11-2-6-14(7-3-11)21(23)24)16(22)20(17(19)25)13-8-4-12(18)5-9-13/h2-10H,1H3/b15-10+. The van der Waals surface area contributed by atoms with E-state index >= 15 is 0 Å². The molecule has 1 amide bonds. The predicted molar refractivity (Wildman–Crippen MR) is 100 cm³/mol. The number of nitrogens with zero attached hydrogens (tertiary/aromatic N) is 3. The fraction of sp³-hybridized carbons (Fsp3) is 0.0588. The first-order chi connectivity index (χ1) is 11.9. The SMILES string of the molecule is CN1C(=S)N(c2ccc(Cl)cc2)C(=O)/C1=C\c1ccc([N+](=O)[O-])cc1. The minimum Gasteiger partial charge on any atom is -0.317 e. The fourth-order valence-electron chi connectivity index (χ4n) is 2.42. The topological polar surface area (TPSA) is 66.7 Å². The van der Waals surface area contributed by atoms with Crippen molar-refractivity contribution in [3.05, 3.63) is 74.9 Å². The van der Waals surface area contributed by atoms with Gasteiger partial charge in [0.2, 0.25) is 0 Å². The zero-order chi connectivity index (χ0) is 18.1. The third-order valence-corrected chi connectivity index (χ3v) is 4.46. The molecule has 0 aromatic heterocycles. The highest BCUT2D eigenvalue weighted by molar-refractivity contribution is 7.80. The molecular weight excluding hydrogens is 362 g/mol. The van der Waals surface area contributed by atoms with Crippen LogP contribution in [0.5, 0.6) is 0 Å². The zero-order valence-electron chi connectivity index (χ0n) is 13.0. The molecule has 2 aromatic carbocycles. The fourth-order valence-corrected chi connectivity index (χ4v) is 2.84. The van der Waals surface area contributed by atoms with Gasteiger partial charge in [-0.05, 0) is 60.3 Å². The summed E-state index contributed by atoms with van der Waals surface area (Å²) in [6.07, 6.45) is 1.65. The van der Waals surface area contributed by atoms with Gasteiger partial charge in [0, 0.05) is 24.2 Å². The van der Waals surface area contributed by atoms with Crippen LogP contribution in [0.1, 0.15) is 5.56 Å². The highest BCUT2D eigenvalue weighted by Gasteiger charge is 2.36. The van der Waals surface area contributed by atoms with Crippen molar-refractivity contribution in [3.63, 3.8) is 0 Å². The lowest BCUT2D eigenvalue weighted by molar-refractivity contribution is -0.384. The first-order valence-electron chi connectivity index (χ1n) is 7.22. The lowest BCUT2D eigenvalue weighted by Gasteiger charge is -2.16. The summed E-state index contributed by atoms with van der Waals surface area (Å²) in [4.78, 5) is 26.1. The summed E-state index contributed by atoms with van der Waals surface area (Å²) in [6, 6.07) is 12.8. The van der Waals surface area contributed by atoms with Crippen LogP contribution in [0.4, 0.5) is 11.4 Å². The lowest BCUT2D eigenvalue weighted by atomic mass is 10.1. The zero-order valence-corrected chi connectivity index (χ0v) is 14.6. The molecule has 2 aromatic rings. The molecule has 6 nitrogen and oxygen atoms in total. The summed E-state index contributed by atoms with van der Waals surface area (Å²) in [7, 11) is 1.70. The van der Waals surface area contributed by atoms with E-state index in [4.69, 9.17) is 23.8 Å². The number of anilines is 1. The van der Waals surface area contributed by atoms with Gasteiger partial charge in [0.25, 0.3) is 11.6 Å². The molecule has 8 heteroatoms. The number of carbonyl (C=O) groups is 1. The van der Waals surface area contributed by atoms with Crippen molar-refractivity contribution in [1.29, 1.82) is 0 Å². The largest absolute Gasteiger partial charge is 0.317 e. The third-order valence-electron chi connectivity index (χ3n) is 3.75. The molecular formula is C17H12ClN3O3S. The van der Waals surface area contributed by atoms with E-state index < -0.39 is 4.92 Å². The molecule has 0 N–H and O–H groups in total. The molecule has 0 saturated carbocycles. The first-order valence-corrected chi connectivity index (χ1v) is 8.01. The van der Waals surface area contributed by atoms with E-state index in [1.54, 1.807) is 54.4 Å². The van der Waals surface area contributed by atoms with Gasteiger partial charge in [0.05, 0.1) is 10.6 Å². The summed E-state index contributed by atoms with van der Waals surface area (Å²) in [5.74, 6) is -0.270. The Morgan fingerprint density at radius 2 is 1.72 bits per heavy atom. The van der Waals surface area contributed by atoms with Crippen molar-refractivity contribution in [2.75, 3.05) is 11.9 Å². The Kier molecular flexibility index (Phi) is 4.52. The van der Waals surface area contributed by atoms with Crippen LogP contribution < -0.4 is 4.90 Å². The van der Waals surface area contributed by atoms with Crippen molar-refractivity contribution < 1.29 is 9.72 Å². The molecule has 0 radical (unpaired) electrons. The highest BCUT2D eigenvalue weighted by Crippen LogP contribution is 2.29. The first kappa shape index (κ1) is 17.1. The van der Waals surface area contributed by atoms with Crippen molar-refractivity contribution in [1.82, 2.24) is 4.90 Å². The number of benzene rings is 2. The molecule has 1 heterocycles. The molecule has 0 unspecified atom stereocenters. The summed E-state index contributed by atoms with van der Waals surface area (Å²) < 4.78 is 0. The number of rotatable bonds is 3. The van der Waals surface area contributed by atoms with Gasteiger partial charge >= 0.3 is 0 Å². The maximum Gasteiger partial charge on any atom is 0.281 e. The Morgan fingerprint density at radius 1 is 1.12 bits per heavy atom. The Labute approximate surface area is 154 Å². The molecule has 1 saturated heterocycles. The van der Waals surface area contributed by atoms with Crippen LogP contribution in [0.15, 0.2) is 54.2 Å². The van der Waals surface area contributed by atoms with Crippen LogP contribution in [0.25, 0.3) is 6.08 Å². The summed E-state index contributed by atoms with van der Waals surface area (Å²) >= 11 is 11.3. The average molecular weight is 374 g/mol. The van der Waals surface area contributed by atoms with E-state index in [2.05, 4.69) is 0 Å². The highest BCUT2D eigenvalue weighted by atomic mass is 35.5. The van der Waals surface area contributed by atoms with Crippen molar-refractivity contribution in [2.24, 2.45) is 0 Å². The molecule has 25 heavy (non-hydrogen) atoms. The Morgan fingerprint density at radius 3 is 2.28 bits per heavy atom. The van der Waals surface area contributed by atoms with Gasteiger partial charge in [-0.15, -0.1) is 0 Å². The minimum absolute atomic E-state index is 0.00781. The number of hydrogen-bond donors (Lipinski definition) is 0. The van der Waals surface area contributed by atoms with E-state index in [1.807, 2.05) is 0 Å². The number of amides is 1. The maximum atomic E-state index is 12.8. The molecule has 0 bridgehead atoms. The number of halogens is 1. The van der Waals surface area contributed by atoms with Gasteiger partial charge in [-0.2, -0.15) is 0 Å². The van der Waals surface area contributed by atoms with Crippen LogP contribution in [0.2, 0.25) is 5.02 Å². The molecule has 1 aliphatic rings. The van der Waals surface area contributed by atoms with E-state index in [-0.39, 0.29) is 11.6 Å². The molecule has 3 rings (SSSR count). The van der Waals surface area contributed by atoms with E-state index in [9.17, 15) is 14.9 Å². The second-order valence-corrected chi connectivity index (χ2v) is 6.14. The van der Waals surface area contributed by atoms with Gasteiger partial charge in [-0.25, -0.2) is 0 Å². The quantitative estimate of drug-likeness (QED) is 0.354. The third kappa shape index (κ3) is 3.24. The number of nitro benzene ring substituents is 1. The average Bonchev–Trinajstić information content (AvgIpc) is 2.80. The van der Waals surface area contributed by atoms with Gasteiger partial charge in [0.15, 0.2) is 5.11 Å². The predicted octanol–water partition coefficient (Wildman–Crippen LogP) is 3.85. The Balaban J connectivity index is 1.94. The van der Waals surface area contributed by atoms with Gasteiger partial charge in [-0.3, -0.25) is 19.8 Å². The summed E-state index contributed by atoms with van der Waals surface area (Å²) in [5.41, 5.74) is 1.67. The lowest BCUT2D eigenvalue weighted by Crippen LogP contribution is -2.31. The molecule has 126 valence electrons. The van der Waals surface area contributed by atoms with Crippen LogP contribution in [0.3, 0.4) is 0 Å². The van der Waals surface area contributed by atoms with E-state index in [1.165, 1.54) is 17.0 Å². The number of nitro groups is 1. The minimum atomic E-state index is -0.471. The smallest absolute Gasteiger partial charge is 0.281 e. The summed E-state index contributed by atoms with van der Waals surface area (Å²) in [5, 5.41) is 11.6. The van der Waals surface area contributed by atoms with Crippen molar-refractivity contribution in [2.45, 2.75) is 0 Å². The number of carbonyl (C=O) groups excluding carboxylic acids is 1. The number of likely N-dealkylation sites (N-methyl/N-ethyl adjacent to an activating group) is 1. The van der Waals surface area contributed by atoms with Crippen LogP contribution in [-0.4, -0.2) is 27.9 Å². The number of hydrogen-bond acceptors (Lipinski definition) is 4. The Hall–Kier alpha value is -2.77. The normalized spacial score (nSPS) is 16.0. The molecule has 1 fully saturated rings. The Bertz CT molecular complexity index is 894. The van der Waals surface area contributed by atoms with Crippen LogP contribution in [0, 0.1) is 10.1 Å². The number of thiocarbonyl (C=S) groups is 1. The van der Waals surface area contributed by atoms with Crippen LogP contribution >= 0.6 is 23.8 Å². The van der Waals surface area contributed by atoms with Gasteiger partial charge in [0.1, 0.15) is 5.70 Å². The second-order valence-electron chi connectivity index (χ2n) is 5.34. The van der Waals surface area contributed by atoms with Crippen LogP contribution in [-0.2, 0) is 4.79 Å². The molecule has 0 aliphatic carbocycles. The van der Waals surface area contributed by atoms with Crippen molar-refractivity contribution in [3.8, 4) is 0 Å². The molecule has 0 spiro atoms. The van der Waals surface area contributed by atoms with Gasteiger partial charge < -0.3 is 4.90 Å². The van der Waals surface area contributed by atoms with Crippen molar-refractivity contribution >= 4 is 52.3 Å². The summed E-state index contributed by atoms with van der Waals surface area (Å²) in [6.45, 7) is 0. The number of non-ortho nitro benzene ring substituents is 1.